The highest BCUT2D eigenvalue weighted by Crippen LogP contribution is 2.32. The molecule has 0 aliphatic heterocycles. The Kier molecular flexibility index (Phi) is 5.05. The maximum atomic E-state index is 12.7. The third-order valence-corrected chi connectivity index (χ3v) is 7.31. The second-order valence-electron chi connectivity index (χ2n) is 6.66. The molecule has 0 radical (unpaired) electrons. The number of benzene rings is 3. The van der Waals surface area contributed by atoms with E-state index in [1.54, 1.807) is 24.3 Å². The number of sulfone groups is 1. The van der Waals surface area contributed by atoms with E-state index in [2.05, 4.69) is 14.9 Å². The van der Waals surface area contributed by atoms with Crippen LogP contribution in [0.25, 0.3) is 22.2 Å². The second kappa shape index (κ2) is 7.42. The molecule has 0 fully saturated rings. The molecule has 0 saturated carbocycles. The van der Waals surface area contributed by atoms with E-state index in [9.17, 15) is 16.8 Å². The Morgan fingerprint density at radius 3 is 2.37 bits per heavy atom. The lowest BCUT2D eigenvalue weighted by atomic mass is 10.1. The molecule has 1 aromatic heterocycles. The molecular weight excluding hydrogens is 446 g/mol. The highest BCUT2D eigenvalue weighted by atomic mass is 35.5. The summed E-state index contributed by atoms with van der Waals surface area (Å²) in [6.45, 7) is 0. The van der Waals surface area contributed by atoms with E-state index in [4.69, 9.17) is 11.6 Å². The highest BCUT2D eigenvalue weighted by Gasteiger charge is 2.18. The Morgan fingerprint density at radius 1 is 0.900 bits per heavy atom. The summed E-state index contributed by atoms with van der Waals surface area (Å²) >= 11 is 6.26. The van der Waals surface area contributed by atoms with Gasteiger partial charge in [0.25, 0.3) is 10.0 Å². The van der Waals surface area contributed by atoms with E-state index in [0.717, 1.165) is 23.3 Å². The van der Waals surface area contributed by atoms with Crippen molar-refractivity contribution >= 4 is 48.1 Å². The number of anilines is 1. The number of aromatic amines is 1. The van der Waals surface area contributed by atoms with Gasteiger partial charge in [0, 0.05) is 17.2 Å². The van der Waals surface area contributed by atoms with E-state index in [0.29, 0.717) is 21.9 Å². The van der Waals surface area contributed by atoms with Crippen LogP contribution < -0.4 is 4.72 Å². The van der Waals surface area contributed by atoms with Gasteiger partial charge in [0.2, 0.25) is 0 Å². The Morgan fingerprint density at radius 2 is 1.63 bits per heavy atom. The molecule has 154 valence electrons. The smallest absolute Gasteiger partial charge is 0.261 e. The molecular formula is C20H16ClN3O4S2. The van der Waals surface area contributed by atoms with Gasteiger partial charge in [0.15, 0.2) is 9.84 Å². The summed E-state index contributed by atoms with van der Waals surface area (Å²) in [7, 11) is -7.52. The molecule has 30 heavy (non-hydrogen) atoms. The van der Waals surface area contributed by atoms with Crippen molar-refractivity contribution in [2.45, 2.75) is 9.79 Å². The van der Waals surface area contributed by atoms with Crippen LogP contribution in [0.3, 0.4) is 0 Å². The maximum Gasteiger partial charge on any atom is 0.261 e. The quantitative estimate of drug-likeness (QED) is 0.465. The molecule has 0 unspecified atom stereocenters. The SMILES string of the molecule is CS(=O)(=O)c1cccc(S(=O)(=O)Nc2ccc3c(-c4ccccc4Cl)n[nH]c3c2)c1. The fourth-order valence-electron chi connectivity index (χ4n) is 3.03. The van der Waals surface area contributed by atoms with Crippen LogP contribution in [0.15, 0.2) is 76.5 Å². The molecule has 1 heterocycles. The van der Waals surface area contributed by atoms with E-state index >= 15 is 0 Å². The Labute approximate surface area is 178 Å². The Hall–Kier alpha value is -2.88. The van der Waals surface area contributed by atoms with E-state index in [-0.39, 0.29) is 9.79 Å². The first kappa shape index (κ1) is 20.4. The van der Waals surface area contributed by atoms with Gasteiger partial charge in [-0.1, -0.05) is 35.9 Å². The first-order valence-electron chi connectivity index (χ1n) is 8.71. The molecule has 0 spiro atoms. The van der Waals surface area contributed by atoms with E-state index < -0.39 is 19.9 Å². The molecule has 3 aromatic carbocycles. The first-order chi connectivity index (χ1) is 14.1. The summed E-state index contributed by atoms with van der Waals surface area (Å²) < 4.78 is 51.4. The molecule has 10 heteroatoms. The van der Waals surface area contributed by atoms with Gasteiger partial charge in [-0.15, -0.1) is 0 Å². The minimum Gasteiger partial charge on any atom is -0.280 e. The van der Waals surface area contributed by atoms with E-state index in [1.807, 2.05) is 18.2 Å². The molecule has 4 aromatic rings. The Balaban J connectivity index is 1.69. The van der Waals surface area contributed by atoms with Crippen LogP contribution in [0.1, 0.15) is 0 Å². The molecule has 0 aliphatic rings. The largest absolute Gasteiger partial charge is 0.280 e. The molecule has 0 bridgehead atoms. The highest BCUT2D eigenvalue weighted by molar-refractivity contribution is 7.93. The van der Waals surface area contributed by atoms with Crippen LogP contribution in [0.5, 0.6) is 0 Å². The normalized spacial score (nSPS) is 12.2. The average Bonchev–Trinajstić information content (AvgIpc) is 3.10. The molecule has 2 N–H and O–H groups in total. The van der Waals surface area contributed by atoms with Crippen molar-refractivity contribution in [3.8, 4) is 11.3 Å². The van der Waals surface area contributed by atoms with Crippen molar-refractivity contribution in [1.29, 1.82) is 0 Å². The summed E-state index contributed by atoms with van der Waals surface area (Å²) in [6, 6.07) is 17.5. The lowest BCUT2D eigenvalue weighted by Crippen LogP contribution is -2.13. The van der Waals surface area contributed by atoms with E-state index in [1.165, 1.54) is 18.2 Å². The second-order valence-corrected chi connectivity index (χ2v) is 10.8. The fourth-order valence-corrected chi connectivity index (χ4v) is 5.09. The number of sulfonamides is 1. The summed E-state index contributed by atoms with van der Waals surface area (Å²) in [5.41, 5.74) is 2.35. The topological polar surface area (TPSA) is 109 Å². The van der Waals surface area contributed by atoms with Gasteiger partial charge in [0.1, 0.15) is 5.69 Å². The zero-order valence-corrected chi connectivity index (χ0v) is 18.0. The number of nitrogens with one attached hydrogen (secondary N) is 2. The van der Waals surface area contributed by atoms with Crippen molar-refractivity contribution in [3.63, 3.8) is 0 Å². The van der Waals surface area contributed by atoms with Gasteiger partial charge in [-0.05, 0) is 42.5 Å². The monoisotopic (exact) mass is 461 g/mol. The molecule has 0 amide bonds. The summed E-state index contributed by atoms with van der Waals surface area (Å²) in [4.78, 5) is -0.217. The van der Waals surface area contributed by atoms with Crippen molar-refractivity contribution in [2.24, 2.45) is 0 Å². The summed E-state index contributed by atoms with van der Waals surface area (Å²) in [6.07, 6.45) is 1.02. The van der Waals surface area contributed by atoms with Crippen LogP contribution in [0, 0.1) is 0 Å². The number of aromatic nitrogens is 2. The van der Waals surface area contributed by atoms with Gasteiger partial charge in [0.05, 0.1) is 26.0 Å². The van der Waals surface area contributed by atoms with Crippen LogP contribution in [-0.2, 0) is 19.9 Å². The minimum absolute atomic E-state index is 0.0706. The van der Waals surface area contributed by atoms with Crippen LogP contribution in [-0.4, -0.2) is 33.3 Å². The molecule has 0 atom stereocenters. The van der Waals surface area contributed by atoms with Crippen molar-refractivity contribution in [3.05, 3.63) is 71.8 Å². The average molecular weight is 462 g/mol. The lowest BCUT2D eigenvalue weighted by molar-refractivity contribution is 0.599. The van der Waals surface area contributed by atoms with Crippen LogP contribution in [0.4, 0.5) is 5.69 Å². The number of halogens is 1. The van der Waals surface area contributed by atoms with Gasteiger partial charge in [-0.25, -0.2) is 16.8 Å². The van der Waals surface area contributed by atoms with Crippen molar-refractivity contribution in [1.82, 2.24) is 10.2 Å². The number of rotatable bonds is 5. The predicted octanol–water partition coefficient (Wildman–Crippen LogP) is 4.09. The van der Waals surface area contributed by atoms with Gasteiger partial charge in [-0.3, -0.25) is 9.82 Å². The van der Waals surface area contributed by atoms with Crippen LogP contribution >= 0.6 is 11.6 Å². The standard InChI is InChI=1S/C20H16ClN3O4S2/c1-29(25,26)14-5-4-6-15(12-14)30(27,28)24-13-9-10-17-19(11-13)22-23-20(17)16-7-2-3-8-18(16)21/h2-12,24H,1H3,(H,22,23). The number of hydrogen-bond acceptors (Lipinski definition) is 5. The maximum absolute atomic E-state index is 12.7. The number of H-pyrrole nitrogens is 1. The zero-order valence-electron chi connectivity index (χ0n) is 15.6. The molecule has 0 aliphatic carbocycles. The Bertz CT molecular complexity index is 1480. The first-order valence-corrected chi connectivity index (χ1v) is 12.5. The van der Waals surface area contributed by atoms with Gasteiger partial charge in [-0.2, -0.15) is 5.10 Å². The number of nitrogens with zero attached hydrogens (tertiary/aromatic N) is 1. The minimum atomic E-state index is -3.99. The lowest BCUT2D eigenvalue weighted by Gasteiger charge is -2.09. The van der Waals surface area contributed by atoms with Crippen molar-refractivity contribution in [2.75, 3.05) is 11.0 Å². The fraction of sp³-hybridized carbons (Fsp3) is 0.0500. The molecule has 4 rings (SSSR count). The molecule has 7 nitrogen and oxygen atoms in total. The summed E-state index contributed by atoms with van der Waals surface area (Å²) in [5, 5.41) is 8.53. The number of hydrogen-bond donors (Lipinski definition) is 2. The summed E-state index contributed by atoms with van der Waals surface area (Å²) in [5.74, 6) is 0. The van der Waals surface area contributed by atoms with Gasteiger partial charge >= 0.3 is 0 Å². The van der Waals surface area contributed by atoms with Gasteiger partial charge < -0.3 is 0 Å². The molecule has 0 saturated heterocycles. The third kappa shape index (κ3) is 3.91. The van der Waals surface area contributed by atoms with Crippen molar-refractivity contribution < 1.29 is 16.8 Å². The third-order valence-electron chi connectivity index (χ3n) is 4.49. The predicted molar refractivity (Wildman–Crippen MR) is 117 cm³/mol. The zero-order chi connectivity index (χ0) is 21.5. The number of fused-ring (bicyclic) bond motifs is 1. The van der Waals surface area contributed by atoms with Crippen LogP contribution in [0.2, 0.25) is 5.02 Å².